The highest BCUT2D eigenvalue weighted by Gasteiger charge is 2.19. The van der Waals surface area contributed by atoms with Crippen LogP contribution in [-0.4, -0.2) is 40.0 Å². The predicted molar refractivity (Wildman–Crippen MR) is 53.5 cm³/mol. The minimum absolute atomic E-state index is 0.477. The number of likely N-dealkylation sites (tertiary alicyclic amines) is 1. The fraction of sp³-hybridized carbons (Fsp3) is 0.778. The SMILES string of the molecule is CN1CC[C@@H](Cn2cc(CN)nn2)C1. The summed E-state index contributed by atoms with van der Waals surface area (Å²) < 4.78 is 1.91. The summed E-state index contributed by atoms with van der Waals surface area (Å²) in [5.41, 5.74) is 6.34. The maximum absolute atomic E-state index is 5.47. The molecule has 0 radical (unpaired) electrons. The summed E-state index contributed by atoms with van der Waals surface area (Å²) in [6.07, 6.45) is 3.20. The van der Waals surface area contributed by atoms with E-state index in [1.807, 2.05) is 10.9 Å². The summed E-state index contributed by atoms with van der Waals surface area (Å²) in [4.78, 5) is 2.35. The Morgan fingerprint density at radius 3 is 3.07 bits per heavy atom. The largest absolute Gasteiger partial charge is 0.325 e. The van der Waals surface area contributed by atoms with Crippen LogP contribution in [0.1, 0.15) is 12.1 Å². The summed E-state index contributed by atoms with van der Waals surface area (Å²) in [5, 5.41) is 8.01. The summed E-state index contributed by atoms with van der Waals surface area (Å²) >= 11 is 0. The zero-order chi connectivity index (χ0) is 9.97. The number of nitrogens with two attached hydrogens (primary N) is 1. The molecule has 1 saturated heterocycles. The van der Waals surface area contributed by atoms with Crippen LogP contribution in [0.25, 0.3) is 0 Å². The van der Waals surface area contributed by atoms with Gasteiger partial charge < -0.3 is 10.6 Å². The minimum Gasteiger partial charge on any atom is -0.325 e. The third-order valence-electron chi connectivity index (χ3n) is 2.73. The Kier molecular flexibility index (Phi) is 2.79. The van der Waals surface area contributed by atoms with E-state index >= 15 is 0 Å². The van der Waals surface area contributed by atoms with Gasteiger partial charge in [0.1, 0.15) is 0 Å². The highest BCUT2D eigenvalue weighted by atomic mass is 15.4. The van der Waals surface area contributed by atoms with Crippen LogP contribution in [0, 0.1) is 5.92 Å². The maximum Gasteiger partial charge on any atom is 0.0962 e. The summed E-state index contributed by atoms with van der Waals surface area (Å²) in [6.45, 7) is 3.81. The van der Waals surface area contributed by atoms with E-state index in [0.717, 1.165) is 18.8 Å². The lowest BCUT2D eigenvalue weighted by Crippen LogP contribution is -2.17. The van der Waals surface area contributed by atoms with Crippen molar-refractivity contribution in [2.75, 3.05) is 20.1 Å². The Morgan fingerprint density at radius 2 is 2.50 bits per heavy atom. The predicted octanol–water partition coefficient (Wildman–Crippen LogP) is -0.311. The van der Waals surface area contributed by atoms with Gasteiger partial charge in [0, 0.05) is 25.8 Å². The Labute approximate surface area is 83.9 Å². The quantitative estimate of drug-likeness (QED) is 0.718. The van der Waals surface area contributed by atoms with Gasteiger partial charge in [-0.3, -0.25) is 4.68 Å². The standard InChI is InChI=1S/C9H17N5/c1-13-3-2-8(5-13)6-14-7-9(4-10)11-12-14/h7-8H,2-6,10H2,1H3/t8-/m1/s1. The molecule has 0 bridgehead atoms. The van der Waals surface area contributed by atoms with Crippen LogP contribution in [0.3, 0.4) is 0 Å². The van der Waals surface area contributed by atoms with E-state index in [1.54, 1.807) is 0 Å². The highest BCUT2D eigenvalue weighted by molar-refractivity contribution is 4.90. The van der Waals surface area contributed by atoms with Crippen LogP contribution >= 0.6 is 0 Å². The Bertz CT molecular complexity index is 295. The van der Waals surface area contributed by atoms with E-state index in [4.69, 9.17) is 5.73 Å². The van der Waals surface area contributed by atoms with Gasteiger partial charge in [0.15, 0.2) is 0 Å². The minimum atomic E-state index is 0.477. The van der Waals surface area contributed by atoms with Crippen molar-refractivity contribution >= 4 is 0 Å². The van der Waals surface area contributed by atoms with E-state index in [0.29, 0.717) is 12.5 Å². The van der Waals surface area contributed by atoms with E-state index in [9.17, 15) is 0 Å². The Morgan fingerprint density at radius 1 is 1.64 bits per heavy atom. The average Bonchev–Trinajstić information content (AvgIpc) is 2.76. The van der Waals surface area contributed by atoms with Crippen molar-refractivity contribution in [3.8, 4) is 0 Å². The maximum atomic E-state index is 5.47. The summed E-state index contributed by atoms with van der Waals surface area (Å²) in [7, 11) is 2.16. The molecule has 0 amide bonds. The summed E-state index contributed by atoms with van der Waals surface area (Å²) in [6, 6.07) is 0. The topological polar surface area (TPSA) is 60.0 Å². The number of nitrogens with zero attached hydrogens (tertiary/aromatic N) is 4. The molecular weight excluding hydrogens is 178 g/mol. The molecule has 0 unspecified atom stereocenters. The molecule has 0 spiro atoms. The molecule has 0 saturated carbocycles. The molecule has 14 heavy (non-hydrogen) atoms. The molecule has 1 aromatic rings. The molecule has 1 atom stereocenters. The molecule has 0 aliphatic carbocycles. The van der Waals surface area contributed by atoms with Crippen LogP contribution in [0.2, 0.25) is 0 Å². The molecule has 2 heterocycles. The second-order valence-electron chi connectivity index (χ2n) is 4.05. The first-order valence-electron chi connectivity index (χ1n) is 5.05. The number of rotatable bonds is 3. The van der Waals surface area contributed by atoms with Crippen molar-refractivity contribution in [2.45, 2.75) is 19.5 Å². The fourth-order valence-corrected chi connectivity index (χ4v) is 1.96. The van der Waals surface area contributed by atoms with Crippen LogP contribution in [0.4, 0.5) is 0 Å². The monoisotopic (exact) mass is 195 g/mol. The van der Waals surface area contributed by atoms with Crippen molar-refractivity contribution in [2.24, 2.45) is 11.7 Å². The van der Waals surface area contributed by atoms with Gasteiger partial charge in [0.25, 0.3) is 0 Å². The average molecular weight is 195 g/mol. The van der Waals surface area contributed by atoms with E-state index in [2.05, 4.69) is 22.3 Å². The van der Waals surface area contributed by atoms with Crippen LogP contribution < -0.4 is 5.73 Å². The smallest absolute Gasteiger partial charge is 0.0962 e. The van der Waals surface area contributed by atoms with Gasteiger partial charge in [-0.2, -0.15) is 0 Å². The second kappa shape index (κ2) is 4.06. The van der Waals surface area contributed by atoms with Crippen molar-refractivity contribution in [3.63, 3.8) is 0 Å². The first-order valence-corrected chi connectivity index (χ1v) is 5.05. The van der Waals surface area contributed by atoms with Gasteiger partial charge in [-0.05, 0) is 25.9 Å². The van der Waals surface area contributed by atoms with Crippen LogP contribution in [-0.2, 0) is 13.1 Å². The Hall–Kier alpha value is -0.940. The van der Waals surface area contributed by atoms with Crippen molar-refractivity contribution < 1.29 is 0 Å². The molecule has 5 nitrogen and oxygen atoms in total. The number of hydrogen-bond donors (Lipinski definition) is 1. The van der Waals surface area contributed by atoms with Gasteiger partial charge in [0.05, 0.1) is 5.69 Å². The molecule has 1 aliphatic rings. The second-order valence-corrected chi connectivity index (χ2v) is 4.05. The molecule has 5 heteroatoms. The lowest BCUT2D eigenvalue weighted by molar-refractivity contribution is 0.367. The van der Waals surface area contributed by atoms with Crippen molar-refractivity contribution in [3.05, 3.63) is 11.9 Å². The third kappa shape index (κ3) is 2.10. The van der Waals surface area contributed by atoms with Crippen molar-refractivity contribution in [1.82, 2.24) is 19.9 Å². The summed E-state index contributed by atoms with van der Waals surface area (Å²) in [5.74, 6) is 0.715. The molecule has 2 rings (SSSR count). The Balaban J connectivity index is 1.90. The lowest BCUT2D eigenvalue weighted by Gasteiger charge is -2.09. The van der Waals surface area contributed by atoms with Gasteiger partial charge in [-0.1, -0.05) is 5.21 Å². The molecular formula is C9H17N5. The molecule has 0 aromatic carbocycles. The first-order chi connectivity index (χ1) is 6.78. The highest BCUT2D eigenvalue weighted by Crippen LogP contribution is 2.15. The number of aromatic nitrogens is 3. The fourth-order valence-electron chi connectivity index (χ4n) is 1.96. The van der Waals surface area contributed by atoms with Gasteiger partial charge in [-0.25, -0.2) is 0 Å². The first kappa shape index (κ1) is 9.61. The molecule has 1 aromatic heterocycles. The zero-order valence-corrected chi connectivity index (χ0v) is 8.56. The molecule has 1 aliphatic heterocycles. The normalized spacial score (nSPS) is 23.1. The van der Waals surface area contributed by atoms with Gasteiger partial charge >= 0.3 is 0 Å². The zero-order valence-electron chi connectivity index (χ0n) is 8.56. The van der Waals surface area contributed by atoms with Gasteiger partial charge in [0.2, 0.25) is 0 Å². The number of hydrogen-bond acceptors (Lipinski definition) is 4. The van der Waals surface area contributed by atoms with Crippen LogP contribution in [0.5, 0.6) is 0 Å². The molecule has 1 fully saturated rings. The molecule has 2 N–H and O–H groups in total. The van der Waals surface area contributed by atoms with E-state index < -0.39 is 0 Å². The van der Waals surface area contributed by atoms with Crippen LogP contribution in [0.15, 0.2) is 6.20 Å². The third-order valence-corrected chi connectivity index (χ3v) is 2.73. The van der Waals surface area contributed by atoms with E-state index in [-0.39, 0.29) is 0 Å². The molecule has 78 valence electrons. The van der Waals surface area contributed by atoms with E-state index in [1.165, 1.54) is 13.0 Å². The van der Waals surface area contributed by atoms with Gasteiger partial charge in [-0.15, -0.1) is 5.10 Å². The van der Waals surface area contributed by atoms with Crippen molar-refractivity contribution in [1.29, 1.82) is 0 Å². The lowest BCUT2D eigenvalue weighted by atomic mass is 10.1.